The molecule has 0 saturated carbocycles. The molecule has 116 valence electrons. The van der Waals surface area contributed by atoms with Gasteiger partial charge in [0.15, 0.2) is 4.77 Å². The van der Waals surface area contributed by atoms with Crippen molar-refractivity contribution in [2.24, 2.45) is 11.3 Å². The number of ether oxygens (including phenoxy) is 1. The summed E-state index contributed by atoms with van der Waals surface area (Å²) in [5.74, 6) is 1.48. The maximum Gasteiger partial charge on any atom is 0.178 e. The van der Waals surface area contributed by atoms with Gasteiger partial charge in [0.2, 0.25) is 0 Å². The lowest BCUT2D eigenvalue weighted by molar-refractivity contribution is 0.211. The molecule has 0 unspecified atom stereocenters. The molecule has 0 amide bonds. The molecule has 0 radical (unpaired) electrons. The van der Waals surface area contributed by atoms with Crippen molar-refractivity contribution in [1.29, 1.82) is 0 Å². The molecule has 0 aliphatic rings. The number of hydrogen-bond donors (Lipinski definition) is 1. The SMILES string of the molecule is CCCOc1cccc2c1[nH]c(=S)n2CC(C)(C)C(C)C. The van der Waals surface area contributed by atoms with Crippen LogP contribution in [0, 0.1) is 16.1 Å². The van der Waals surface area contributed by atoms with Gasteiger partial charge in [-0.2, -0.15) is 0 Å². The van der Waals surface area contributed by atoms with Gasteiger partial charge in [0.25, 0.3) is 0 Å². The van der Waals surface area contributed by atoms with Gasteiger partial charge in [0.05, 0.1) is 12.1 Å². The van der Waals surface area contributed by atoms with Crippen LogP contribution in [-0.4, -0.2) is 16.2 Å². The number of H-pyrrole nitrogens is 1. The molecule has 0 atom stereocenters. The van der Waals surface area contributed by atoms with Gasteiger partial charge in [-0.05, 0) is 42.1 Å². The predicted octanol–water partition coefficient (Wildman–Crippen LogP) is 5.17. The molecule has 2 rings (SSSR count). The van der Waals surface area contributed by atoms with Gasteiger partial charge in [-0.15, -0.1) is 0 Å². The molecular weight excluding hydrogens is 280 g/mol. The number of fused-ring (bicyclic) bond motifs is 1. The fourth-order valence-electron chi connectivity index (χ4n) is 2.23. The van der Waals surface area contributed by atoms with E-state index in [0.29, 0.717) is 5.92 Å². The third-order valence-corrected chi connectivity index (χ3v) is 4.68. The highest BCUT2D eigenvalue weighted by atomic mass is 32.1. The van der Waals surface area contributed by atoms with Crippen molar-refractivity contribution in [2.75, 3.05) is 6.61 Å². The number of aromatic nitrogens is 2. The van der Waals surface area contributed by atoms with E-state index >= 15 is 0 Å². The second kappa shape index (κ2) is 6.22. The van der Waals surface area contributed by atoms with E-state index in [0.717, 1.165) is 41.1 Å². The van der Waals surface area contributed by atoms with Gasteiger partial charge < -0.3 is 14.3 Å². The van der Waals surface area contributed by atoms with Crippen molar-refractivity contribution >= 4 is 23.3 Å². The zero-order valence-electron chi connectivity index (χ0n) is 13.7. The number of nitrogens with one attached hydrogen (secondary N) is 1. The Morgan fingerprint density at radius 1 is 1.33 bits per heavy atom. The highest BCUT2D eigenvalue weighted by Gasteiger charge is 2.24. The Morgan fingerprint density at radius 3 is 2.67 bits per heavy atom. The molecule has 0 bridgehead atoms. The summed E-state index contributed by atoms with van der Waals surface area (Å²) in [5.41, 5.74) is 2.33. The van der Waals surface area contributed by atoms with Crippen LogP contribution in [0.15, 0.2) is 18.2 Å². The van der Waals surface area contributed by atoms with Crippen molar-refractivity contribution in [3.05, 3.63) is 23.0 Å². The molecule has 0 aliphatic carbocycles. The Kier molecular flexibility index (Phi) is 4.77. The number of imidazole rings is 1. The van der Waals surface area contributed by atoms with Crippen LogP contribution in [-0.2, 0) is 6.54 Å². The van der Waals surface area contributed by atoms with Gasteiger partial charge in [-0.1, -0.05) is 40.7 Å². The summed E-state index contributed by atoms with van der Waals surface area (Å²) in [4.78, 5) is 3.32. The van der Waals surface area contributed by atoms with E-state index in [1.165, 1.54) is 0 Å². The fraction of sp³-hybridized carbons (Fsp3) is 0.588. The molecule has 4 heteroatoms. The van der Waals surface area contributed by atoms with Crippen molar-refractivity contribution in [3.8, 4) is 5.75 Å². The Hall–Kier alpha value is -1.29. The topological polar surface area (TPSA) is 29.9 Å². The van der Waals surface area contributed by atoms with Crippen LogP contribution >= 0.6 is 12.2 Å². The largest absolute Gasteiger partial charge is 0.491 e. The Morgan fingerprint density at radius 2 is 2.05 bits per heavy atom. The van der Waals surface area contributed by atoms with Crippen LogP contribution < -0.4 is 4.74 Å². The summed E-state index contributed by atoms with van der Waals surface area (Å²) in [6.07, 6.45) is 0.998. The highest BCUT2D eigenvalue weighted by molar-refractivity contribution is 7.71. The third-order valence-electron chi connectivity index (χ3n) is 4.36. The van der Waals surface area contributed by atoms with Gasteiger partial charge in [-0.3, -0.25) is 0 Å². The molecule has 1 N–H and O–H groups in total. The van der Waals surface area contributed by atoms with E-state index in [9.17, 15) is 0 Å². The first-order valence-electron chi connectivity index (χ1n) is 7.71. The first-order valence-corrected chi connectivity index (χ1v) is 8.12. The summed E-state index contributed by atoms with van der Waals surface area (Å²) in [5, 5.41) is 0. The van der Waals surface area contributed by atoms with Crippen LogP contribution in [0.2, 0.25) is 0 Å². The Bertz CT molecular complexity index is 667. The molecular formula is C17H26N2OS. The predicted molar refractivity (Wildman–Crippen MR) is 91.5 cm³/mol. The van der Waals surface area contributed by atoms with E-state index in [-0.39, 0.29) is 5.41 Å². The molecule has 0 saturated heterocycles. The van der Waals surface area contributed by atoms with Gasteiger partial charge in [0.1, 0.15) is 11.3 Å². The maximum absolute atomic E-state index is 5.82. The third kappa shape index (κ3) is 3.31. The van der Waals surface area contributed by atoms with Crippen molar-refractivity contribution in [3.63, 3.8) is 0 Å². The first kappa shape index (κ1) is 16.1. The lowest BCUT2D eigenvalue weighted by Crippen LogP contribution is -2.25. The van der Waals surface area contributed by atoms with E-state index in [4.69, 9.17) is 17.0 Å². The fourth-order valence-corrected chi connectivity index (χ4v) is 2.50. The number of para-hydroxylation sites is 1. The number of hydrogen-bond acceptors (Lipinski definition) is 2. The second-order valence-corrected chi connectivity index (χ2v) is 7.05. The minimum Gasteiger partial charge on any atom is -0.491 e. The average molecular weight is 306 g/mol. The van der Waals surface area contributed by atoms with Gasteiger partial charge in [0, 0.05) is 6.54 Å². The zero-order chi connectivity index (χ0) is 15.6. The molecule has 1 aromatic carbocycles. The molecule has 21 heavy (non-hydrogen) atoms. The van der Waals surface area contributed by atoms with Crippen LogP contribution in [0.1, 0.15) is 41.0 Å². The minimum absolute atomic E-state index is 0.188. The quantitative estimate of drug-likeness (QED) is 0.746. The van der Waals surface area contributed by atoms with E-state index in [1.807, 2.05) is 12.1 Å². The lowest BCUT2D eigenvalue weighted by atomic mass is 9.81. The summed E-state index contributed by atoms with van der Waals surface area (Å²) >= 11 is 5.53. The number of benzene rings is 1. The molecule has 3 nitrogen and oxygen atoms in total. The number of nitrogens with zero attached hydrogens (tertiary/aromatic N) is 1. The molecule has 1 heterocycles. The smallest absolute Gasteiger partial charge is 0.178 e. The van der Waals surface area contributed by atoms with E-state index in [1.54, 1.807) is 0 Å². The van der Waals surface area contributed by atoms with Crippen molar-refractivity contribution < 1.29 is 4.74 Å². The van der Waals surface area contributed by atoms with E-state index < -0.39 is 0 Å². The minimum atomic E-state index is 0.188. The van der Waals surface area contributed by atoms with E-state index in [2.05, 4.69) is 50.2 Å². The molecule has 0 aliphatic heterocycles. The summed E-state index contributed by atoms with van der Waals surface area (Å²) < 4.78 is 8.79. The Balaban J connectivity index is 2.46. The highest BCUT2D eigenvalue weighted by Crippen LogP contribution is 2.32. The molecule has 2 aromatic rings. The Labute approximate surface area is 132 Å². The van der Waals surface area contributed by atoms with Gasteiger partial charge >= 0.3 is 0 Å². The van der Waals surface area contributed by atoms with Crippen LogP contribution in [0.4, 0.5) is 0 Å². The summed E-state index contributed by atoms with van der Waals surface area (Å²) in [6, 6.07) is 6.15. The second-order valence-electron chi connectivity index (χ2n) is 6.66. The molecule has 0 fully saturated rings. The number of rotatable bonds is 6. The maximum atomic E-state index is 5.82. The zero-order valence-corrected chi connectivity index (χ0v) is 14.5. The monoisotopic (exact) mass is 306 g/mol. The number of aromatic amines is 1. The van der Waals surface area contributed by atoms with Crippen molar-refractivity contribution in [2.45, 2.75) is 47.6 Å². The first-order chi connectivity index (χ1) is 9.86. The average Bonchev–Trinajstić information content (AvgIpc) is 2.73. The lowest BCUT2D eigenvalue weighted by Gasteiger charge is -2.29. The van der Waals surface area contributed by atoms with Crippen LogP contribution in [0.5, 0.6) is 5.75 Å². The van der Waals surface area contributed by atoms with Gasteiger partial charge in [-0.25, -0.2) is 0 Å². The standard InChI is InChI=1S/C17H26N2OS/c1-6-10-20-14-9-7-8-13-15(14)18-16(21)19(13)11-17(4,5)12(2)3/h7-9,12H,6,10-11H2,1-5H3,(H,18,21). The van der Waals surface area contributed by atoms with Crippen molar-refractivity contribution in [1.82, 2.24) is 9.55 Å². The summed E-state index contributed by atoms with van der Waals surface area (Å²) in [6.45, 7) is 12.8. The normalized spacial score (nSPS) is 12.3. The molecule has 0 spiro atoms. The summed E-state index contributed by atoms with van der Waals surface area (Å²) in [7, 11) is 0. The van der Waals surface area contributed by atoms with Crippen LogP contribution in [0.25, 0.3) is 11.0 Å². The van der Waals surface area contributed by atoms with Crippen LogP contribution in [0.3, 0.4) is 0 Å². The molecule has 1 aromatic heterocycles.